The summed E-state index contributed by atoms with van der Waals surface area (Å²) in [4.78, 5) is 12.1. The molecule has 0 aromatic rings. The van der Waals surface area contributed by atoms with Gasteiger partial charge in [-0.2, -0.15) is 0 Å². The van der Waals surface area contributed by atoms with E-state index in [1.807, 2.05) is 0 Å². The molecule has 1 saturated heterocycles. The van der Waals surface area contributed by atoms with Crippen molar-refractivity contribution >= 4 is 14.3 Å². The second kappa shape index (κ2) is 5.32. The number of hydrogen-bond donors (Lipinski definition) is 0. The van der Waals surface area contributed by atoms with E-state index in [-0.39, 0.29) is 28.4 Å². The quantitative estimate of drug-likeness (QED) is 0.430. The SMILES string of the molecule is CC(C)(C)[Si](C)(C)OC[C@]1(C)CC[C@H]2OC(=O)C3=CCC=C1[C@H]32. The van der Waals surface area contributed by atoms with Crippen molar-refractivity contribution in [2.45, 2.75) is 71.2 Å². The Labute approximate surface area is 141 Å². The topological polar surface area (TPSA) is 35.5 Å². The van der Waals surface area contributed by atoms with E-state index in [1.165, 1.54) is 5.57 Å². The minimum atomic E-state index is -1.76. The molecule has 0 N–H and O–H groups in total. The van der Waals surface area contributed by atoms with Crippen LogP contribution in [0.3, 0.4) is 0 Å². The third-order valence-corrected chi connectivity index (χ3v) is 10.9. The lowest BCUT2D eigenvalue weighted by atomic mass is 9.63. The summed E-state index contributed by atoms with van der Waals surface area (Å²) in [6.07, 6.45) is 7.26. The van der Waals surface area contributed by atoms with E-state index >= 15 is 0 Å². The Hall–Kier alpha value is -0.873. The van der Waals surface area contributed by atoms with E-state index in [1.54, 1.807) is 0 Å². The fraction of sp³-hybridized carbons (Fsp3) is 0.737. The molecule has 0 spiro atoms. The lowest BCUT2D eigenvalue weighted by Crippen LogP contribution is -2.46. The molecule has 4 heteroatoms. The van der Waals surface area contributed by atoms with Crippen molar-refractivity contribution in [3.8, 4) is 0 Å². The molecule has 0 aromatic carbocycles. The van der Waals surface area contributed by atoms with Crippen molar-refractivity contribution in [3.63, 3.8) is 0 Å². The Bertz CT molecular complexity index is 582. The second-order valence-electron chi connectivity index (χ2n) is 9.12. The summed E-state index contributed by atoms with van der Waals surface area (Å²) in [5.74, 6) is 0.0816. The lowest BCUT2D eigenvalue weighted by molar-refractivity contribution is -0.140. The Balaban J connectivity index is 1.81. The minimum absolute atomic E-state index is 0.0319. The van der Waals surface area contributed by atoms with Gasteiger partial charge in [0.15, 0.2) is 8.32 Å². The summed E-state index contributed by atoms with van der Waals surface area (Å²) in [6, 6.07) is 0. The van der Waals surface area contributed by atoms with Crippen LogP contribution >= 0.6 is 0 Å². The van der Waals surface area contributed by atoms with Gasteiger partial charge in [0, 0.05) is 23.5 Å². The number of carbonyl (C=O) groups is 1. The van der Waals surface area contributed by atoms with Gasteiger partial charge in [-0.25, -0.2) is 4.79 Å². The monoisotopic (exact) mass is 334 g/mol. The summed E-state index contributed by atoms with van der Waals surface area (Å²) >= 11 is 0. The first-order chi connectivity index (χ1) is 10.6. The second-order valence-corrected chi connectivity index (χ2v) is 13.9. The smallest absolute Gasteiger partial charge is 0.334 e. The molecule has 1 saturated carbocycles. The zero-order valence-electron chi connectivity index (χ0n) is 15.4. The predicted octanol–water partition coefficient (Wildman–Crippen LogP) is 4.61. The van der Waals surface area contributed by atoms with Gasteiger partial charge in [0.05, 0.1) is 0 Å². The van der Waals surface area contributed by atoms with Gasteiger partial charge >= 0.3 is 5.97 Å². The first kappa shape index (κ1) is 17.0. The summed E-state index contributed by atoms with van der Waals surface area (Å²) < 4.78 is 12.1. The Morgan fingerprint density at radius 1 is 1.35 bits per heavy atom. The van der Waals surface area contributed by atoms with Gasteiger partial charge in [-0.1, -0.05) is 45.4 Å². The molecule has 3 aliphatic rings. The first-order valence-corrected chi connectivity index (χ1v) is 11.7. The van der Waals surface area contributed by atoms with E-state index in [9.17, 15) is 4.79 Å². The van der Waals surface area contributed by atoms with Gasteiger partial charge in [0.25, 0.3) is 0 Å². The molecular formula is C19H30O3Si. The minimum Gasteiger partial charge on any atom is -0.458 e. The summed E-state index contributed by atoms with van der Waals surface area (Å²) in [6.45, 7) is 14.5. The van der Waals surface area contributed by atoms with Crippen LogP contribution in [0.2, 0.25) is 18.1 Å². The molecule has 1 aliphatic heterocycles. The third-order valence-electron chi connectivity index (χ3n) is 6.45. The predicted molar refractivity (Wildman–Crippen MR) is 94.6 cm³/mol. The van der Waals surface area contributed by atoms with E-state index in [0.29, 0.717) is 0 Å². The third kappa shape index (κ3) is 2.74. The largest absolute Gasteiger partial charge is 0.458 e. The highest BCUT2D eigenvalue weighted by Gasteiger charge is 2.52. The molecule has 2 aliphatic carbocycles. The first-order valence-electron chi connectivity index (χ1n) is 8.81. The Morgan fingerprint density at radius 2 is 2.04 bits per heavy atom. The van der Waals surface area contributed by atoms with E-state index in [4.69, 9.17) is 9.16 Å². The van der Waals surface area contributed by atoms with Crippen molar-refractivity contribution in [2.75, 3.05) is 6.61 Å². The average molecular weight is 335 g/mol. The van der Waals surface area contributed by atoms with Gasteiger partial charge in [-0.3, -0.25) is 0 Å². The van der Waals surface area contributed by atoms with Crippen molar-refractivity contribution in [1.82, 2.24) is 0 Å². The molecular weight excluding hydrogens is 304 g/mol. The van der Waals surface area contributed by atoms with Gasteiger partial charge in [-0.05, 0) is 37.4 Å². The summed E-state index contributed by atoms with van der Waals surface area (Å²) in [5, 5.41) is 0.221. The average Bonchev–Trinajstić information content (AvgIpc) is 2.79. The van der Waals surface area contributed by atoms with Gasteiger partial charge in [0.1, 0.15) is 6.10 Å². The van der Waals surface area contributed by atoms with Crippen LogP contribution in [0.1, 0.15) is 47.0 Å². The fourth-order valence-corrected chi connectivity index (χ4v) is 4.90. The van der Waals surface area contributed by atoms with Crippen LogP contribution < -0.4 is 0 Å². The molecule has 128 valence electrons. The van der Waals surface area contributed by atoms with E-state index in [2.05, 4.69) is 52.9 Å². The standard InChI is InChI=1S/C19H30O3Si/c1-18(2,3)23(5,6)21-12-19(4)11-10-15-16-13(17(20)22-15)8-7-9-14(16)19/h8-9,15-16H,7,10-12H2,1-6H3/t15-,16+,19+/m1/s1. The van der Waals surface area contributed by atoms with E-state index < -0.39 is 8.32 Å². The number of hydrogen-bond acceptors (Lipinski definition) is 3. The molecule has 3 rings (SSSR count). The van der Waals surface area contributed by atoms with Crippen LogP contribution in [0.25, 0.3) is 0 Å². The maximum Gasteiger partial charge on any atom is 0.334 e. The molecule has 3 nitrogen and oxygen atoms in total. The highest BCUT2D eigenvalue weighted by Crippen LogP contribution is 2.53. The maximum atomic E-state index is 12.1. The molecule has 0 unspecified atom stereocenters. The molecule has 3 atom stereocenters. The highest BCUT2D eigenvalue weighted by molar-refractivity contribution is 6.74. The van der Waals surface area contributed by atoms with Crippen molar-refractivity contribution in [3.05, 3.63) is 23.3 Å². The lowest BCUT2D eigenvalue weighted by Gasteiger charge is -2.46. The molecule has 1 heterocycles. The van der Waals surface area contributed by atoms with Gasteiger partial charge in [0.2, 0.25) is 0 Å². The van der Waals surface area contributed by atoms with Crippen LogP contribution in [0, 0.1) is 11.3 Å². The van der Waals surface area contributed by atoms with E-state index in [0.717, 1.165) is 31.4 Å². The molecule has 0 aromatic heterocycles. The number of esters is 1. The van der Waals surface area contributed by atoms with Crippen LogP contribution in [0.4, 0.5) is 0 Å². The highest BCUT2D eigenvalue weighted by atomic mass is 28.4. The zero-order valence-corrected chi connectivity index (χ0v) is 16.4. The maximum absolute atomic E-state index is 12.1. The summed E-state index contributed by atoms with van der Waals surface area (Å²) in [7, 11) is -1.76. The Kier molecular flexibility index (Phi) is 3.92. The van der Waals surface area contributed by atoms with Crippen molar-refractivity contribution in [2.24, 2.45) is 11.3 Å². The van der Waals surface area contributed by atoms with Gasteiger partial charge < -0.3 is 9.16 Å². The molecule has 0 amide bonds. The zero-order chi connectivity index (χ0) is 17.0. The molecule has 0 bridgehead atoms. The van der Waals surface area contributed by atoms with Crippen LogP contribution in [-0.2, 0) is 14.0 Å². The van der Waals surface area contributed by atoms with Crippen molar-refractivity contribution < 1.29 is 14.0 Å². The number of allylic oxidation sites excluding steroid dienone is 2. The van der Waals surface area contributed by atoms with Crippen LogP contribution in [0.5, 0.6) is 0 Å². The Morgan fingerprint density at radius 3 is 2.70 bits per heavy atom. The summed E-state index contributed by atoms with van der Waals surface area (Å²) in [5.41, 5.74) is 2.31. The molecule has 23 heavy (non-hydrogen) atoms. The number of carbonyl (C=O) groups excluding carboxylic acids is 1. The van der Waals surface area contributed by atoms with Gasteiger partial charge in [-0.15, -0.1) is 0 Å². The fourth-order valence-electron chi connectivity index (χ4n) is 3.78. The molecule has 2 fully saturated rings. The number of rotatable bonds is 3. The number of ether oxygens (including phenoxy) is 1. The molecule has 0 radical (unpaired) electrons. The van der Waals surface area contributed by atoms with Crippen molar-refractivity contribution in [1.29, 1.82) is 0 Å². The van der Waals surface area contributed by atoms with Crippen LogP contribution in [-0.4, -0.2) is 27.0 Å². The normalized spacial score (nSPS) is 33.7. The van der Waals surface area contributed by atoms with Crippen LogP contribution in [0.15, 0.2) is 23.3 Å².